The maximum Gasteiger partial charge on any atom is 0.144 e. The van der Waals surface area contributed by atoms with Crippen LogP contribution >= 0.6 is 11.5 Å². The van der Waals surface area contributed by atoms with E-state index < -0.39 is 0 Å². The molecule has 0 aromatic carbocycles. The molecular formula is C7H6N4S. The van der Waals surface area contributed by atoms with Gasteiger partial charge in [-0.15, -0.1) is 0 Å². The lowest BCUT2D eigenvalue weighted by Crippen LogP contribution is -1.90. The summed E-state index contributed by atoms with van der Waals surface area (Å²) in [5.74, 6) is 0.829. The number of hydrogen-bond acceptors (Lipinski definition) is 5. The molecule has 0 radical (unpaired) electrons. The van der Waals surface area contributed by atoms with Gasteiger partial charge in [0.25, 0.3) is 0 Å². The molecule has 0 aliphatic heterocycles. The number of nitrogens with zero attached hydrogens (tertiary/aromatic N) is 3. The van der Waals surface area contributed by atoms with E-state index in [0.717, 1.165) is 11.5 Å². The fourth-order valence-electron chi connectivity index (χ4n) is 0.789. The maximum absolute atomic E-state index is 4.09. The Morgan fingerprint density at radius 3 is 2.75 bits per heavy atom. The molecule has 2 aromatic rings. The van der Waals surface area contributed by atoms with Crippen molar-refractivity contribution in [1.82, 2.24) is 14.3 Å². The number of nitrogens with one attached hydrogen (secondary N) is 1. The second-order valence-corrected chi connectivity index (χ2v) is 2.80. The summed E-state index contributed by atoms with van der Waals surface area (Å²) in [7, 11) is 0. The minimum Gasteiger partial charge on any atom is -0.337 e. The summed E-state index contributed by atoms with van der Waals surface area (Å²) in [6.45, 7) is 0. The van der Waals surface area contributed by atoms with Crippen LogP contribution in [0.25, 0.3) is 0 Å². The van der Waals surface area contributed by atoms with Crippen molar-refractivity contribution in [3.63, 3.8) is 0 Å². The quantitative estimate of drug-likeness (QED) is 0.760. The maximum atomic E-state index is 4.09. The van der Waals surface area contributed by atoms with Crippen molar-refractivity contribution < 1.29 is 0 Å². The van der Waals surface area contributed by atoms with Gasteiger partial charge in [0, 0.05) is 5.38 Å². The van der Waals surface area contributed by atoms with E-state index in [0.29, 0.717) is 0 Å². The van der Waals surface area contributed by atoms with E-state index in [2.05, 4.69) is 19.7 Å². The molecule has 0 saturated heterocycles. The summed E-state index contributed by atoms with van der Waals surface area (Å²) in [5.41, 5.74) is 0.850. The Balaban J connectivity index is 2.15. The molecule has 0 unspecified atom stereocenters. The largest absolute Gasteiger partial charge is 0.337 e. The molecule has 0 aliphatic carbocycles. The molecule has 1 N–H and O–H groups in total. The lowest BCUT2D eigenvalue weighted by molar-refractivity contribution is 1.17. The van der Waals surface area contributed by atoms with Crippen LogP contribution in [0.4, 0.5) is 11.5 Å². The molecule has 0 aliphatic rings. The predicted molar refractivity (Wildman–Crippen MR) is 47.4 cm³/mol. The SMILES string of the molecule is c1ncc(Nc2ccsn2)cn1. The predicted octanol–water partition coefficient (Wildman–Crippen LogP) is 1.68. The molecule has 0 amide bonds. The molecule has 4 nitrogen and oxygen atoms in total. The van der Waals surface area contributed by atoms with Crippen molar-refractivity contribution in [1.29, 1.82) is 0 Å². The standard InChI is InChI=1S/C7H6N4S/c1-2-12-11-7(1)10-6-3-8-5-9-4-6/h1-5H,(H,10,11). The highest BCUT2D eigenvalue weighted by molar-refractivity contribution is 7.03. The van der Waals surface area contributed by atoms with Crippen molar-refractivity contribution in [2.24, 2.45) is 0 Å². The Hall–Kier alpha value is -1.49. The fraction of sp³-hybridized carbons (Fsp3) is 0. The monoisotopic (exact) mass is 178 g/mol. The van der Waals surface area contributed by atoms with Gasteiger partial charge >= 0.3 is 0 Å². The first-order valence-corrected chi connectivity index (χ1v) is 4.21. The zero-order chi connectivity index (χ0) is 8.23. The van der Waals surface area contributed by atoms with Crippen LogP contribution in [0.5, 0.6) is 0 Å². The Kier molecular flexibility index (Phi) is 1.96. The van der Waals surface area contributed by atoms with E-state index in [1.54, 1.807) is 12.4 Å². The summed E-state index contributed by atoms with van der Waals surface area (Å²) in [6, 6.07) is 1.90. The topological polar surface area (TPSA) is 50.7 Å². The molecule has 0 spiro atoms. The van der Waals surface area contributed by atoms with Crippen molar-refractivity contribution in [3.05, 3.63) is 30.2 Å². The molecular weight excluding hydrogens is 172 g/mol. The van der Waals surface area contributed by atoms with Crippen LogP contribution in [0.1, 0.15) is 0 Å². The van der Waals surface area contributed by atoms with Crippen LogP contribution in [-0.2, 0) is 0 Å². The smallest absolute Gasteiger partial charge is 0.144 e. The van der Waals surface area contributed by atoms with Gasteiger partial charge in [0.15, 0.2) is 0 Å². The Labute approximate surface area is 73.5 Å². The highest BCUT2D eigenvalue weighted by Crippen LogP contribution is 2.12. The molecule has 0 saturated carbocycles. The van der Waals surface area contributed by atoms with Gasteiger partial charge in [0.05, 0.1) is 18.1 Å². The molecule has 12 heavy (non-hydrogen) atoms. The molecule has 0 bridgehead atoms. The zero-order valence-electron chi connectivity index (χ0n) is 6.14. The molecule has 60 valence electrons. The van der Waals surface area contributed by atoms with Gasteiger partial charge in [-0.2, -0.15) is 4.37 Å². The van der Waals surface area contributed by atoms with Gasteiger partial charge in [-0.05, 0) is 17.6 Å². The number of anilines is 2. The minimum atomic E-state index is 0.829. The van der Waals surface area contributed by atoms with Crippen LogP contribution in [0.2, 0.25) is 0 Å². The summed E-state index contributed by atoms with van der Waals surface area (Å²) < 4.78 is 4.09. The highest BCUT2D eigenvalue weighted by atomic mass is 32.1. The Bertz CT molecular complexity index is 332. The van der Waals surface area contributed by atoms with Gasteiger partial charge < -0.3 is 5.32 Å². The van der Waals surface area contributed by atoms with E-state index in [1.807, 2.05) is 11.4 Å². The Morgan fingerprint density at radius 2 is 2.08 bits per heavy atom. The fourth-order valence-corrected chi connectivity index (χ4v) is 1.26. The van der Waals surface area contributed by atoms with Crippen LogP contribution in [0, 0.1) is 0 Å². The molecule has 0 atom stereocenters. The molecule has 2 heterocycles. The van der Waals surface area contributed by atoms with Crippen molar-refractivity contribution in [2.75, 3.05) is 5.32 Å². The molecule has 5 heteroatoms. The summed E-state index contributed by atoms with van der Waals surface area (Å²) >= 11 is 1.41. The first kappa shape index (κ1) is 7.17. The van der Waals surface area contributed by atoms with Crippen LogP contribution < -0.4 is 5.32 Å². The Morgan fingerprint density at radius 1 is 1.25 bits per heavy atom. The lowest BCUT2D eigenvalue weighted by Gasteiger charge is -1.98. The number of hydrogen-bond donors (Lipinski definition) is 1. The van der Waals surface area contributed by atoms with Crippen LogP contribution in [0.3, 0.4) is 0 Å². The van der Waals surface area contributed by atoms with Crippen molar-refractivity contribution in [3.8, 4) is 0 Å². The first-order valence-electron chi connectivity index (χ1n) is 3.37. The summed E-state index contributed by atoms with van der Waals surface area (Å²) in [5, 5.41) is 4.97. The van der Waals surface area contributed by atoms with Crippen molar-refractivity contribution in [2.45, 2.75) is 0 Å². The van der Waals surface area contributed by atoms with E-state index in [1.165, 1.54) is 17.9 Å². The van der Waals surface area contributed by atoms with Crippen LogP contribution in [-0.4, -0.2) is 14.3 Å². The first-order chi connectivity index (χ1) is 5.95. The van der Waals surface area contributed by atoms with Gasteiger partial charge in [-0.25, -0.2) is 9.97 Å². The highest BCUT2D eigenvalue weighted by Gasteiger charge is 1.94. The van der Waals surface area contributed by atoms with Gasteiger partial charge in [-0.1, -0.05) is 0 Å². The third-order valence-electron chi connectivity index (χ3n) is 1.27. The van der Waals surface area contributed by atoms with Crippen LogP contribution in [0.15, 0.2) is 30.2 Å². The molecule has 2 aromatic heterocycles. The van der Waals surface area contributed by atoms with Gasteiger partial charge in [-0.3, -0.25) is 0 Å². The average Bonchev–Trinajstić information content (AvgIpc) is 2.59. The normalized spacial score (nSPS) is 9.67. The van der Waals surface area contributed by atoms with Gasteiger partial charge in [0.2, 0.25) is 0 Å². The third kappa shape index (κ3) is 1.57. The second-order valence-electron chi connectivity index (χ2n) is 2.14. The average molecular weight is 178 g/mol. The summed E-state index contributed by atoms with van der Waals surface area (Å²) in [6.07, 6.45) is 4.89. The van der Waals surface area contributed by atoms with E-state index in [4.69, 9.17) is 0 Å². The van der Waals surface area contributed by atoms with E-state index in [9.17, 15) is 0 Å². The lowest BCUT2D eigenvalue weighted by atomic mass is 10.5. The van der Waals surface area contributed by atoms with Crippen molar-refractivity contribution >= 4 is 23.0 Å². The minimum absolute atomic E-state index is 0.829. The zero-order valence-corrected chi connectivity index (χ0v) is 6.95. The third-order valence-corrected chi connectivity index (χ3v) is 1.83. The number of rotatable bonds is 2. The summed E-state index contributed by atoms with van der Waals surface area (Å²) in [4.78, 5) is 7.73. The molecule has 2 rings (SSSR count). The van der Waals surface area contributed by atoms with E-state index in [-0.39, 0.29) is 0 Å². The van der Waals surface area contributed by atoms with E-state index >= 15 is 0 Å². The second kappa shape index (κ2) is 3.27. The molecule has 0 fully saturated rings. The number of aromatic nitrogens is 3. The van der Waals surface area contributed by atoms with Gasteiger partial charge in [0.1, 0.15) is 12.1 Å².